The second-order valence-corrected chi connectivity index (χ2v) is 6.28. The zero-order valence-corrected chi connectivity index (χ0v) is 17.7. The maximum Gasteiger partial charge on any atom is 0.336 e. The number of hydrogen-bond acceptors (Lipinski definition) is 8. The molecule has 0 bridgehead atoms. The molecule has 0 fully saturated rings. The first-order chi connectivity index (χ1) is 14.4. The molecule has 8 heteroatoms. The van der Waals surface area contributed by atoms with E-state index in [0.717, 1.165) is 0 Å². The highest BCUT2D eigenvalue weighted by molar-refractivity contribution is 5.99. The molecule has 0 amide bonds. The van der Waals surface area contributed by atoms with Crippen LogP contribution in [0.15, 0.2) is 47.8 Å². The number of esters is 3. The van der Waals surface area contributed by atoms with E-state index in [-0.39, 0.29) is 37.4 Å². The average Bonchev–Trinajstić information content (AvgIpc) is 2.74. The Morgan fingerprint density at radius 2 is 1.33 bits per heavy atom. The van der Waals surface area contributed by atoms with Gasteiger partial charge in [0, 0.05) is 24.0 Å². The molecule has 0 spiro atoms. The Morgan fingerprint density at radius 3 is 1.77 bits per heavy atom. The van der Waals surface area contributed by atoms with Gasteiger partial charge in [-0.1, -0.05) is 0 Å². The van der Waals surface area contributed by atoms with Gasteiger partial charge in [0.05, 0.1) is 44.5 Å². The lowest BCUT2D eigenvalue weighted by atomic mass is 9.86. The van der Waals surface area contributed by atoms with Crippen molar-refractivity contribution >= 4 is 23.6 Å². The Hall–Kier alpha value is -3.29. The highest BCUT2D eigenvalue weighted by Gasteiger charge is 2.36. The van der Waals surface area contributed by atoms with Crippen LogP contribution in [0.2, 0.25) is 0 Å². The van der Waals surface area contributed by atoms with Crippen LogP contribution in [0.4, 0.5) is 5.69 Å². The van der Waals surface area contributed by atoms with Crippen molar-refractivity contribution in [2.45, 2.75) is 27.2 Å². The van der Waals surface area contributed by atoms with Crippen LogP contribution in [0.25, 0.3) is 0 Å². The van der Waals surface area contributed by atoms with Gasteiger partial charge < -0.3 is 23.8 Å². The summed E-state index contributed by atoms with van der Waals surface area (Å²) in [5.74, 6) is -1.91. The molecule has 0 aromatic heterocycles. The van der Waals surface area contributed by atoms with Gasteiger partial charge in [-0.25, -0.2) is 9.59 Å². The first kappa shape index (κ1) is 23.0. The fraction of sp³-hybridized carbons (Fsp3) is 0.409. The van der Waals surface area contributed by atoms with Crippen molar-refractivity contribution in [3.05, 3.63) is 47.8 Å². The minimum Gasteiger partial charge on any atom is -0.497 e. The van der Waals surface area contributed by atoms with E-state index in [4.69, 9.17) is 18.9 Å². The third-order valence-corrected chi connectivity index (χ3v) is 4.38. The van der Waals surface area contributed by atoms with E-state index in [1.54, 1.807) is 69.4 Å². The fourth-order valence-corrected chi connectivity index (χ4v) is 3.01. The number of nitrogens with zero attached hydrogens (tertiary/aromatic N) is 1. The fourth-order valence-electron chi connectivity index (χ4n) is 3.01. The average molecular weight is 417 g/mol. The van der Waals surface area contributed by atoms with Crippen molar-refractivity contribution in [2.24, 2.45) is 5.92 Å². The number of carbonyl (C=O) groups is 3. The molecule has 1 aliphatic heterocycles. The van der Waals surface area contributed by atoms with Gasteiger partial charge in [0.15, 0.2) is 0 Å². The molecule has 8 nitrogen and oxygen atoms in total. The van der Waals surface area contributed by atoms with Crippen LogP contribution in [0.3, 0.4) is 0 Å². The van der Waals surface area contributed by atoms with Crippen molar-refractivity contribution in [1.82, 2.24) is 0 Å². The van der Waals surface area contributed by atoms with E-state index in [1.165, 1.54) is 0 Å². The van der Waals surface area contributed by atoms with Crippen molar-refractivity contribution < 1.29 is 33.3 Å². The van der Waals surface area contributed by atoms with Crippen molar-refractivity contribution in [3.63, 3.8) is 0 Å². The third-order valence-electron chi connectivity index (χ3n) is 4.38. The number of hydrogen-bond donors (Lipinski definition) is 0. The number of rotatable bonds is 9. The topological polar surface area (TPSA) is 91.4 Å². The second kappa shape index (κ2) is 11.0. The summed E-state index contributed by atoms with van der Waals surface area (Å²) in [6.07, 6.45) is 2.94. The van der Waals surface area contributed by atoms with E-state index >= 15 is 0 Å². The molecular weight excluding hydrogens is 390 g/mol. The largest absolute Gasteiger partial charge is 0.497 e. The van der Waals surface area contributed by atoms with Crippen LogP contribution in [-0.2, 0) is 28.6 Å². The minimum atomic E-state index is -0.836. The molecule has 1 aromatic rings. The number of methoxy groups -OCH3 is 1. The van der Waals surface area contributed by atoms with Crippen LogP contribution in [-0.4, -0.2) is 44.8 Å². The summed E-state index contributed by atoms with van der Waals surface area (Å²) < 4.78 is 20.6. The predicted molar refractivity (Wildman–Crippen MR) is 110 cm³/mol. The second-order valence-electron chi connectivity index (χ2n) is 6.28. The van der Waals surface area contributed by atoms with Gasteiger partial charge >= 0.3 is 17.9 Å². The van der Waals surface area contributed by atoms with Crippen LogP contribution < -0.4 is 9.64 Å². The summed E-state index contributed by atoms with van der Waals surface area (Å²) in [6.45, 7) is 5.57. The summed E-state index contributed by atoms with van der Waals surface area (Å²) in [5, 5.41) is 0. The van der Waals surface area contributed by atoms with Gasteiger partial charge in [-0.05, 0) is 45.0 Å². The molecule has 1 heterocycles. The van der Waals surface area contributed by atoms with Crippen molar-refractivity contribution in [3.8, 4) is 5.75 Å². The normalized spacial score (nSPS) is 13.8. The third kappa shape index (κ3) is 5.62. The molecule has 0 aliphatic carbocycles. The summed E-state index contributed by atoms with van der Waals surface area (Å²) in [5.41, 5.74) is 1.03. The first-order valence-electron chi connectivity index (χ1n) is 9.80. The van der Waals surface area contributed by atoms with E-state index in [2.05, 4.69) is 0 Å². The number of benzene rings is 1. The summed E-state index contributed by atoms with van der Waals surface area (Å²) in [7, 11) is 1.56. The van der Waals surface area contributed by atoms with Crippen LogP contribution >= 0.6 is 0 Å². The SMILES string of the molecule is CCOC(=O)CC1C(C(=O)OCC)=CN(c2ccc(OC)cc2)C=C1C(=O)OCC. The number of anilines is 1. The molecule has 30 heavy (non-hydrogen) atoms. The molecule has 0 radical (unpaired) electrons. The summed E-state index contributed by atoms with van der Waals surface area (Å²) in [4.78, 5) is 39.2. The van der Waals surface area contributed by atoms with Gasteiger partial charge in [-0.3, -0.25) is 4.79 Å². The van der Waals surface area contributed by atoms with Crippen LogP contribution in [0, 0.1) is 5.92 Å². The van der Waals surface area contributed by atoms with Gasteiger partial charge in [0.1, 0.15) is 5.75 Å². The zero-order valence-electron chi connectivity index (χ0n) is 17.7. The van der Waals surface area contributed by atoms with E-state index in [0.29, 0.717) is 11.4 Å². The minimum absolute atomic E-state index is 0.156. The smallest absolute Gasteiger partial charge is 0.336 e. The molecular formula is C22H27NO7. The molecule has 1 aliphatic rings. The molecule has 1 aromatic carbocycles. The molecule has 0 saturated carbocycles. The Labute approximate surface area is 176 Å². The number of ether oxygens (including phenoxy) is 4. The Kier molecular flexibility index (Phi) is 8.46. The molecule has 0 atom stereocenters. The standard InChI is InChI=1S/C22H27NO7/c1-5-28-20(24)12-17-18(21(25)29-6-2)13-23(14-19(17)22(26)30-7-3)15-8-10-16(27-4)11-9-15/h8-11,13-14,17H,5-7,12H2,1-4H3. The lowest BCUT2D eigenvalue weighted by Gasteiger charge is -2.29. The molecule has 162 valence electrons. The zero-order chi connectivity index (χ0) is 22.1. The van der Waals surface area contributed by atoms with Gasteiger partial charge in [-0.15, -0.1) is 0 Å². The predicted octanol–water partition coefficient (Wildman–Crippen LogP) is 2.98. The lowest BCUT2D eigenvalue weighted by molar-refractivity contribution is -0.144. The van der Waals surface area contributed by atoms with Crippen molar-refractivity contribution in [1.29, 1.82) is 0 Å². The van der Waals surface area contributed by atoms with Gasteiger partial charge in [-0.2, -0.15) is 0 Å². The summed E-state index contributed by atoms with van der Waals surface area (Å²) in [6, 6.07) is 7.08. The maximum atomic E-state index is 12.7. The highest BCUT2D eigenvalue weighted by atomic mass is 16.5. The summed E-state index contributed by atoms with van der Waals surface area (Å²) >= 11 is 0. The Morgan fingerprint density at radius 1 is 0.833 bits per heavy atom. The molecule has 0 N–H and O–H groups in total. The van der Waals surface area contributed by atoms with Crippen LogP contribution in [0.5, 0.6) is 5.75 Å². The lowest BCUT2D eigenvalue weighted by Crippen LogP contribution is -2.32. The monoisotopic (exact) mass is 417 g/mol. The molecule has 2 rings (SSSR count). The van der Waals surface area contributed by atoms with E-state index in [1.807, 2.05) is 0 Å². The maximum absolute atomic E-state index is 12.7. The quantitative estimate of drug-likeness (QED) is 0.447. The van der Waals surface area contributed by atoms with Gasteiger partial charge in [0.25, 0.3) is 0 Å². The van der Waals surface area contributed by atoms with Gasteiger partial charge in [0.2, 0.25) is 0 Å². The Balaban J connectivity index is 2.51. The van der Waals surface area contributed by atoms with E-state index in [9.17, 15) is 14.4 Å². The molecule has 0 unspecified atom stereocenters. The van der Waals surface area contributed by atoms with Crippen molar-refractivity contribution in [2.75, 3.05) is 31.8 Å². The molecule has 0 saturated heterocycles. The number of carbonyl (C=O) groups excluding carboxylic acids is 3. The van der Waals surface area contributed by atoms with E-state index < -0.39 is 23.8 Å². The highest BCUT2D eigenvalue weighted by Crippen LogP contribution is 2.34. The first-order valence-corrected chi connectivity index (χ1v) is 9.80. The Bertz CT molecular complexity index is 790. The van der Waals surface area contributed by atoms with Crippen LogP contribution in [0.1, 0.15) is 27.2 Å².